The molecule has 4 heterocycles. The topological polar surface area (TPSA) is 78.9 Å². The molecule has 10 rings (SSSR count). The zero-order valence-electron chi connectivity index (χ0n) is 28.1. The van der Waals surface area contributed by atoms with Crippen molar-refractivity contribution in [2.24, 2.45) is 0 Å². The van der Waals surface area contributed by atoms with Crippen molar-refractivity contribution in [2.75, 3.05) is 13.2 Å². The Balaban J connectivity index is 0.000000138. The van der Waals surface area contributed by atoms with Crippen molar-refractivity contribution in [1.82, 2.24) is 0 Å². The third-order valence-electron chi connectivity index (χ3n) is 11.2. The van der Waals surface area contributed by atoms with Crippen LogP contribution in [0.15, 0.2) is 139 Å². The van der Waals surface area contributed by atoms with Crippen LogP contribution in [-0.4, -0.2) is 25.2 Å². The number of ether oxygens (including phenoxy) is 2. The number of esters is 2. The summed E-state index contributed by atoms with van der Waals surface area (Å²) in [5, 5.41) is 2.17. The van der Waals surface area contributed by atoms with E-state index in [-0.39, 0.29) is 23.8 Å². The lowest BCUT2D eigenvalue weighted by atomic mass is 9.69. The average Bonchev–Trinajstić information content (AvgIpc) is 3.89. The summed E-state index contributed by atoms with van der Waals surface area (Å²) < 4.78 is 25.6. The van der Waals surface area contributed by atoms with E-state index in [2.05, 4.69) is 92.6 Å². The van der Waals surface area contributed by atoms with Gasteiger partial charge in [0.1, 0.15) is 33.5 Å². The van der Waals surface area contributed by atoms with Gasteiger partial charge >= 0.3 is 11.9 Å². The van der Waals surface area contributed by atoms with Crippen molar-refractivity contribution < 1.29 is 27.9 Å². The summed E-state index contributed by atoms with van der Waals surface area (Å²) >= 11 is 6.99. The molecule has 6 aromatic rings. The second kappa shape index (κ2) is 13.1. The minimum atomic E-state index is -0.796. The first kappa shape index (κ1) is 33.2. The van der Waals surface area contributed by atoms with E-state index in [0.29, 0.717) is 26.1 Å². The summed E-state index contributed by atoms with van der Waals surface area (Å²) in [4.78, 5) is 26.1. The van der Waals surface area contributed by atoms with Gasteiger partial charge in [0.05, 0.1) is 13.2 Å². The van der Waals surface area contributed by atoms with E-state index < -0.39 is 10.8 Å². The largest absolute Gasteiger partial charge is 0.465 e. The van der Waals surface area contributed by atoms with Gasteiger partial charge in [-0.15, -0.1) is 0 Å². The van der Waals surface area contributed by atoms with Gasteiger partial charge in [-0.3, -0.25) is 9.59 Å². The molecule has 2 aliphatic carbocycles. The van der Waals surface area contributed by atoms with Gasteiger partial charge in [-0.2, -0.15) is 0 Å². The van der Waals surface area contributed by atoms with Crippen LogP contribution >= 0.6 is 31.9 Å². The summed E-state index contributed by atoms with van der Waals surface area (Å²) in [5.41, 5.74) is 4.48. The molecule has 2 saturated heterocycles. The number of cyclic esters (lactones) is 2. The highest BCUT2D eigenvalue weighted by Crippen LogP contribution is 2.53. The minimum Gasteiger partial charge on any atom is -0.465 e. The Morgan fingerprint density at radius 2 is 0.942 bits per heavy atom. The predicted molar refractivity (Wildman–Crippen MR) is 206 cm³/mol. The van der Waals surface area contributed by atoms with Crippen molar-refractivity contribution in [2.45, 2.75) is 48.3 Å². The van der Waals surface area contributed by atoms with Gasteiger partial charge in [0.25, 0.3) is 0 Å². The lowest BCUT2D eigenvalue weighted by molar-refractivity contribution is -0.144. The number of furan rings is 2. The van der Waals surface area contributed by atoms with Crippen LogP contribution in [0.1, 0.15) is 58.5 Å². The summed E-state index contributed by atoms with van der Waals surface area (Å²) in [6.45, 7) is 0.854. The van der Waals surface area contributed by atoms with Gasteiger partial charge in [0, 0.05) is 55.5 Å². The molecular formula is C44H34Br2O6. The Hall–Kier alpha value is -4.66. The van der Waals surface area contributed by atoms with Crippen LogP contribution in [0.2, 0.25) is 0 Å². The highest BCUT2D eigenvalue weighted by atomic mass is 79.9. The van der Waals surface area contributed by atoms with E-state index >= 15 is 0 Å². The number of fused-ring (bicyclic) bond motifs is 8. The second-order valence-corrected chi connectivity index (χ2v) is 15.7. The van der Waals surface area contributed by atoms with Gasteiger partial charge in [-0.25, -0.2) is 0 Å². The lowest BCUT2D eigenvalue weighted by Gasteiger charge is -2.30. The zero-order chi connectivity index (χ0) is 35.5. The van der Waals surface area contributed by atoms with E-state index in [0.717, 1.165) is 77.5 Å². The minimum absolute atomic E-state index is 0.104. The van der Waals surface area contributed by atoms with E-state index in [1.54, 1.807) is 0 Å². The Kier molecular flexibility index (Phi) is 8.35. The molecule has 2 fully saturated rings. The number of hydrogen-bond donors (Lipinski definition) is 0. The number of carbonyl (C=O) groups is 2. The fraction of sp³-hybridized carbons (Fsp3) is 0.227. The fourth-order valence-electron chi connectivity index (χ4n) is 8.76. The smallest absolute Gasteiger partial charge is 0.320 e. The third-order valence-corrected chi connectivity index (χ3v) is 12.3. The van der Waals surface area contributed by atoms with Crippen molar-refractivity contribution in [3.05, 3.63) is 164 Å². The Bertz CT molecular complexity index is 2230. The number of halogens is 2. The molecule has 0 radical (unpaired) electrons. The summed E-state index contributed by atoms with van der Waals surface area (Å²) in [6, 6.07) is 32.4. The van der Waals surface area contributed by atoms with Gasteiger partial charge in [-0.05, 0) is 60.4 Å². The Labute approximate surface area is 317 Å². The third kappa shape index (κ3) is 5.17. The fourth-order valence-corrected chi connectivity index (χ4v) is 9.29. The van der Waals surface area contributed by atoms with Crippen LogP contribution in [-0.2, 0) is 42.7 Å². The monoisotopic (exact) mass is 816 g/mol. The maximum absolute atomic E-state index is 13.1. The lowest BCUT2D eigenvalue weighted by Crippen LogP contribution is -2.37. The summed E-state index contributed by atoms with van der Waals surface area (Å²) in [6.07, 6.45) is 11.4. The highest BCUT2D eigenvalue weighted by molar-refractivity contribution is 9.10. The molecule has 2 spiro atoms. The van der Waals surface area contributed by atoms with Crippen LogP contribution in [0.5, 0.6) is 0 Å². The number of para-hydroxylation sites is 2. The first-order chi connectivity index (χ1) is 25.4. The molecule has 8 heteroatoms. The van der Waals surface area contributed by atoms with Gasteiger partial charge in [0.15, 0.2) is 0 Å². The number of rotatable bonds is 2. The normalized spacial score (nSPS) is 24.7. The standard InChI is InChI=1S/2C22H17BrO3/c2*23-15-10-8-14(9-11-15)18-6-3-5-17-16-4-1-2-7-19(16)26-20(17)22(18)12-13-25-21(22)24/h2*1-4,6-11,18H,5,12-13H2/t2*18-,22-/m11/s1. The summed E-state index contributed by atoms with van der Waals surface area (Å²) in [7, 11) is 0. The first-order valence-electron chi connectivity index (χ1n) is 17.6. The molecule has 0 saturated carbocycles. The van der Waals surface area contributed by atoms with Gasteiger partial charge < -0.3 is 18.3 Å². The van der Waals surface area contributed by atoms with Crippen LogP contribution in [0, 0.1) is 0 Å². The maximum Gasteiger partial charge on any atom is 0.320 e. The van der Waals surface area contributed by atoms with Crippen LogP contribution in [0.25, 0.3) is 21.9 Å². The van der Waals surface area contributed by atoms with E-state index in [1.807, 2.05) is 60.7 Å². The molecule has 0 N–H and O–H groups in total. The molecule has 0 unspecified atom stereocenters. The molecule has 260 valence electrons. The van der Waals surface area contributed by atoms with Crippen LogP contribution < -0.4 is 0 Å². The SMILES string of the molecule is O=C1OCC[C@@]12c1oc3ccccc3c1CC=C[C@@H]2c1ccc(Br)cc1.O=C1OCC[C@@]12c1oc3ccccc3c1CC=C[C@@H]2c1ccc(Br)cc1. The molecular weight excluding hydrogens is 784 g/mol. The number of benzene rings is 4. The molecule has 4 aromatic carbocycles. The Morgan fingerprint density at radius 1 is 0.538 bits per heavy atom. The van der Waals surface area contributed by atoms with E-state index in [4.69, 9.17) is 18.3 Å². The van der Waals surface area contributed by atoms with Crippen molar-refractivity contribution in [1.29, 1.82) is 0 Å². The molecule has 0 bridgehead atoms. The number of hydrogen-bond acceptors (Lipinski definition) is 6. The molecule has 52 heavy (non-hydrogen) atoms. The summed E-state index contributed by atoms with van der Waals surface area (Å²) in [5.74, 6) is 0.979. The van der Waals surface area contributed by atoms with Crippen molar-refractivity contribution in [3.63, 3.8) is 0 Å². The zero-order valence-corrected chi connectivity index (χ0v) is 31.3. The Morgan fingerprint density at radius 3 is 1.33 bits per heavy atom. The number of allylic oxidation sites excluding steroid dienone is 4. The predicted octanol–water partition coefficient (Wildman–Crippen LogP) is 10.6. The highest BCUT2D eigenvalue weighted by Gasteiger charge is 2.57. The van der Waals surface area contributed by atoms with Gasteiger partial charge in [0.2, 0.25) is 0 Å². The molecule has 2 aromatic heterocycles. The quantitative estimate of drug-likeness (QED) is 0.128. The van der Waals surface area contributed by atoms with Gasteiger partial charge in [-0.1, -0.05) is 117 Å². The van der Waals surface area contributed by atoms with Crippen molar-refractivity contribution >= 4 is 65.7 Å². The molecule has 4 atom stereocenters. The molecule has 2 aliphatic heterocycles. The first-order valence-corrected chi connectivity index (χ1v) is 19.2. The maximum atomic E-state index is 13.1. The average molecular weight is 819 g/mol. The molecule has 6 nitrogen and oxygen atoms in total. The second-order valence-electron chi connectivity index (χ2n) is 13.8. The molecule has 4 aliphatic rings. The van der Waals surface area contributed by atoms with Crippen molar-refractivity contribution in [3.8, 4) is 0 Å². The molecule has 0 amide bonds. The van der Waals surface area contributed by atoms with E-state index in [9.17, 15) is 9.59 Å². The van der Waals surface area contributed by atoms with E-state index in [1.165, 1.54) is 0 Å². The van der Waals surface area contributed by atoms with Crippen LogP contribution in [0.3, 0.4) is 0 Å². The number of carbonyl (C=O) groups excluding carboxylic acids is 2. The van der Waals surface area contributed by atoms with Crippen LogP contribution in [0.4, 0.5) is 0 Å².